The summed E-state index contributed by atoms with van der Waals surface area (Å²) in [5, 5.41) is 0.667. The van der Waals surface area contributed by atoms with Gasteiger partial charge in [-0.25, -0.2) is 9.97 Å². The summed E-state index contributed by atoms with van der Waals surface area (Å²) in [6.45, 7) is 6.36. The van der Waals surface area contributed by atoms with Crippen LogP contribution in [0.2, 0.25) is 10.2 Å². The van der Waals surface area contributed by atoms with Crippen LogP contribution in [0, 0.1) is 0 Å². The number of H-pyrrole nitrogens is 1. The van der Waals surface area contributed by atoms with E-state index in [1.807, 2.05) is 20.8 Å². The zero-order chi connectivity index (χ0) is 12.6. The number of ether oxygens (including phenoxy) is 1. The Morgan fingerprint density at radius 1 is 1.29 bits per heavy atom. The molecule has 2 heterocycles. The lowest BCUT2D eigenvalue weighted by Gasteiger charge is -2.18. The molecular formula is C11H13Cl2N3O. The van der Waals surface area contributed by atoms with Crippen molar-refractivity contribution in [3.8, 4) is 0 Å². The van der Waals surface area contributed by atoms with Crippen LogP contribution in [0.1, 0.15) is 26.6 Å². The Balaban J connectivity index is 2.26. The number of hydrogen-bond donors (Lipinski definition) is 1. The molecule has 0 unspecified atom stereocenters. The summed E-state index contributed by atoms with van der Waals surface area (Å²) < 4.78 is 5.62. The number of imidazole rings is 1. The third kappa shape index (κ3) is 3.09. The fourth-order valence-electron chi connectivity index (χ4n) is 1.30. The van der Waals surface area contributed by atoms with E-state index >= 15 is 0 Å². The largest absolute Gasteiger partial charge is 0.368 e. The average molecular weight is 274 g/mol. The maximum absolute atomic E-state index is 5.87. The van der Waals surface area contributed by atoms with Crippen molar-refractivity contribution < 1.29 is 4.74 Å². The highest BCUT2D eigenvalue weighted by atomic mass is 35.5. The fraction of sp³-hybridized carbons (Fsp3) is 0.455. The maximum atomic E-state index is 5.87. The average Bonchev–Trinajstić information content (AvgIpc) is 2.57. The van der Waals surface area contributed by atoms with E-state index in [0.717, 1.165) is 5.52 Å². The Hall–Kier alpha value is -0.840. The molecule has 0 bridgehead atoms. The van der Waals surface area contributed by atoms with Gasteiger partial charge in [0.2, 0.25) is 0 Å². The van der Waals surface area contributed by atoms with Gasteiger partial charge in [0, 0.05) is 0 Å². The summed E-state index contributed by atoms with van der Waals surface area (Å²) in [5.74, 6) is 0.709. The summed E-state index contributed by atoms with van der Waals surface area (Å²) in [7, 11) is 0. The molecular weight excluding hydrogens is 261 g/mol. The lowest BCUT2D eigenvalue weighted by atomic mass is 10.2. The van der Waals surface area contributed by atoms with Gasteiger partial charge in [-0.3, -0.25) is 0 Å². The van der Waals surface area contributed by atoms with Crippen molar-refractivity contribution in [3.63, 3.8) is 0 Å². The highest BCUT2D eigenvalue weighted by Gasteiger charge is 2.13. The van der Waals surface area contributed by atoms with Gasteiger partial charge >= 0.3 is 0 Å². The van der Waals surface area contributed by atoms with Crippen LogP contribution < -0.4 is 0 Å². The molecule has 0 amide bonds. The topological polar surface area (TPSA) is 50.8 Å². The van der Waals surface area contributed by atoms with Crippen LogP contribution in [-0.4, -0.2) is 20.6 Å². The molecule has 92 valence electrons. The molecule has 0 aliphatic heterocycles. The minimum Gasteiger partial charge on any atom is -0.368 e. The number of rotatable bonds is 2. The van der Waals surface area contributed by atoms with Crippen molar-refractivity contribution in [2.45, 2.75) is 33.0 Å². The second kappa shape index (κ2) is 4.44. The molecule has 1 N–H and O–H groups in total. The molecule has 6 heteroatoms. The first kappa shape index (κ1) is 12.6. The summed E-state index contributed by atoms with van der Waals surface area (Å²) in [4.78, 5) is 11.5. The Kier molecular flexibility index (Phi) is 3.30. The molecule has 0 spiro atoms. The standard InChI is InChI=1S/C11H13Cl2N3O/c1-11(2,3)17-5-8-14-7-4-6(12)9(13)16-10(7)15-8/h4H,5H2,1-3H3,(H,14,15,16). The van der Waals surface area contributed by atoms with Crippen molar-refractivity contribution in [1.29, 1.82) is 0 Å². The molecule has 0 aliphatic carbocycles. The van der Waals surface area contributed by atoms with E-state index in [1.54, 1.807) is 6.07 Å². The molecule has 2 rings (SSSR count). The van der Waals surface area contributed by atoms with Gasteiger partial charge in [0.05, 0.1) is 16.1 Å². The van der Waals surface area contributed by atoms with Gasteiger partial charge in [0.25, 0.3) is 0 Å². The van der Waals surface area contributed by atoms with Crippen molar-refractivity contribution in [2.75, 3.05) is 0 Å². The van der Waals surface area contributed by atoms with Crippen LogP contribution in [0.15, 0.2) is 6.07 Å². The smallest absolute Gasteiger partial charge is 0.179 e. The van der Waals surface area contributed by atoms with E-state index in [0.29, 0.717) is 23.1 Å². The van der Waals surface area contributed by atoms with Crippen molar-refractivity contribution >= 4 is 34.4 Å². The normalized spacial score (nSPS) is 12.3. The lowest BCUT2D eigenvalue weighted by Crippen LogP contribution is -2.19. The Morgan fingerprint density at radius 2 is 2.00 bits per heavy atom. The van der Waals surface area contributed by atoms with Gasteiger partial charge in [0.15, 0.2) is 5.65 Å². The van der Waals surface area contributed by atoms with Gasteiger partial charge in [0.1, 0.15) is 17.6 Å². The van der Waals surface area contributed by atoms with E-state index in [4.69, 9.17) is 27.9 Å². The highest BCUT2D eigenvalue weighted by Crippen LogP contribution is 2.23. The Morgan fingerprint density at radius 3 is 2.65 bits per heavy atom. The molecule has 17 heavy (non-hydrogen) atoms. The Bertz CT molecular complexity index is 506. The number of pyridine rings is 1. The zero-order valence-corrected chi connectivity index (χ0v) is 11.4. The number of halogens is 2. The third-order valence-electron chi connectivity index (χ3n) is 2.07. The van der Waals surface area contributed by atoms with Gasteiger partial charge in [-0.2, -0.15) is 0 Å². The Labute approximate surface area is 109 Å². The lowest BCUT2D eigenvalue weighted by molar-refractivity contribution is -0.0177. The van der Waals surface area contributed by atoms with Crippen LogP contribution >= 0.6 is 23.2 Å². The third-order valence-corrected chi connectivity index (χ3v) is 2.75. The predicted octanol–water partition coefficient (Wildman–Crippen LogP) is 3.58. The first-order valence-corrected chi connectivity index (χ1v) is 5.95. The van der Waals surface area contributed by atoms with Gasteiger partial charge in [-0.05, 0) is 26.8 Å². The number of aromatic nitrogens is 3. The molecule has 0 aliphatic rings. The van der Waals surface area contributed by atoms with Crippen LogP contribution in [0.3, 0.4) is 0 Å². The fourth-order valence-corrected chi connectivity index (χ4v) is 1.59. The van der Waals surface area contributed by atoms with Crippen LogP contribution in [0.4, 0.5) is 0 Å². The van der Waals surface area contributed by atoms with Crippen molar-refractivity contribution in [3.05, 3.63) is 22.1 Å². The molecule has 0 saturated heterocycles. The second-order valence-corrected chi connectivity index (χ2v) is 5.48. The summed E-state index contributed by atoms with van der Waals surface area (Å²) in [6, 6.07) is 1.71. The highest BCUT2D eigenvalue weighted by molar-refractivity contribution is 6.41. The molecule has 0 radical (unpaired) electrons. The molecule has 0 saturated carbocycles. The quantitative estimate of drug-likeness (QED) is 0.851. The van der Waals surface area contributed by atoms with Crippen LogP contribution in [0.5, 0.6) is 0 Å². The zero-order valence-electron chi connectivity index (χ0n) is 9.84. The molecule has 0 aromatic carbocycles. The second-order valence-electron chi connectivity index (χ2n) is 4.72. The molecule has 2 aromatic heterocycles. The number of hydrogen-bond acceptors (Lipinski definition) is 3. The predicted molar refractivity (Wildman–Crippen MR) is 68.5 cm³/mol. The van der Waals surface area contributed by atoms with E-state index < -0.39 is 0 Å². The number of nitrogens with zero attached hydrogens (tertiary/aromatic N) is 2. The minimum atomic E-state index is -0.207. The monoisotopic (exact) mass is 273 g/mol. The van der Waals surface area contributed by atoms with Gasteiger partial charge < -0.3 is 9.72 Å². The van der Waals surface area contributed by atoms with Crippen molar-refractivity contribution in [1.82, 2.24) is 15.0 Å². The minimum absolute atomic E-state index is 0.207. The van der Waals surface area contributed by atoms with Gasteiger partial charge in [-0.15, -0.1) is 0 Å². The summed E-state index contributed by atoms with van der Waals surface area (Å²) in [6.07, 6.45) is 0. The molecule has 2 aromatic rings. The number of nitrogens with one attached hydrogen (secondary N) is 1. The van der Waals surface area contributed by atoms with Crippen molar-refractivity contribution in [2.24, 2.45) is 0 Å². The van der Waals surface area contributed by atoms with Gasteiger partial charge in [-0.1, -0.05) is 23.2 Å². The van der Waals surface area contributed by atoms with E-state index in [9.17, 15) is 0 Å². The maximum Gasteiger partial charge on any atom is 0.179 e. The van der Waals surface area contributed by atoms with Crippen LogP contribution in [0.25, 0.3) is 11.2 Å². The first-order valence-electron chi connectivity index (χ1n) is 5.20. The summed E-state index contributed by atoms with van der Waals surface area (Å²) >= 11 is 11.7. The molecule has 0 atom stereocenters. The number of aromatic amines is 1. The van der Waals surface area contributed by atoms with E-state index in [-0.39, 0.29) is 10.8 Å². The first-order chi connectivity index (χ1) is 7.85. The number of fused-ring (bicyclic) bond motifs is 1. The van der Waals surface area contributed by atoms with Crippen LogP contribution in [-0.2, 0) is 11.3 Å². The summed E-state index contributed by atoms with van der Waals surface area (Å²) in [5.41, 5.74) is 1.10. The van der Waals surface area contributed by atoms with E-state index in [2.05, 4.69) is 15.0 Å². The SMILES string of the molecule is CC(C)(C)OCc1nc2nc(Cl)c(Cl)cc2[nH]1. The molecule has 0 fully saturated rings. The molecule has 4 nitrogen and oxygen atoms in total. The van der Waals surface area contributed by atoms with E-state index in [1.165, 1.54) is 0 Å².